The van der Waals surface area contributed by atoms with Crippen molar-refractivity contribution in [3.63, 3.8) is 0 Å². The average molecular weight is 205 g/mol. The summed E-state index contributed by atoms with van der Waals surface area (Å²) in [6.45, 7) is 4.45. The van der Waals surface area contributed by atoms with Crippen LogP contribution in [0.1, 0.15) is 31.5 Å². The molecule has 3 heteroatoms. The molecule has 0 aromatic carbocycles. The third kappa shape index (κ3) is 3.01. The Morgan fingerprint density at radius 2 is 2.20 bits per heavy atom. The topological polar surface area (TPSA) is 37.0 Å². The molecule has 0 aliphatic carbocycles. The van der Waals surface area contributed by atoms with E-state index in [0.717, 1.165) is 18.8 Å². The lowest BCUT2D eigenvalue weighted by atomic mass is 10.0. The van der Waals surface area contributed by atoms with Crippen molar-refractivity contribution in [2.45, 2.75) is 31.8 Å². The highest BCUT2D eigenvalue weighted by molar-refractivity contribution is 5.07. The molecule has 0 bridgehead atoms. The lowest BCUT2D eigenvalue weighted by molar-refractivity contribution is 0.356. The Morgan fingerprint density at radius 1 is 1.40 bits per heavy atom. The van der Waals surface area contributed by atoms with Crippen LogP contribution in [0.5, 0.6) is 0 Å². The van der Waals surface area contributed by atoms with Crippen molar-refractivity contribution in [2.75, 3.05) is 13.1 Å². The van der Waals surface area contributed by atoms with Gasteiger partial charge in [-0.25, -0.2) is 0 Å². The van der Waals surface area contributed by atoms with Crippen LogP contribution >= 0.6 is 0 Å². The van der Waals surface area contributed by atoms with Crippen molar-refractivity contribution in [3.8, 4) is 0 Å². The molecule has 2 N–H and O–H groups in total. The predicted molar refractivity (Wildman–Crippen MR) is 61.7 cm³/mol. The molecular formula is C12H19N3. The van der Waals surface area contributed by atoms with E-state index >= 15 is 0 Å². The number of nitrogens with one attached hydrogen (secondary N) is 2. The molecule has 1 atom stereocenters. The average Bonchev–Trinajstić information content (AvgIpc) is 2.31. The monoisotopic (exact) mass is 205 g/mol. The smallest absolute Gasteiger partial charge is 0.0570 e. The normalized spacial score (nSPS) is 20.1. The SMILES string of the molecule is C[C@H](NC1CCNCC1)c1ccccn1. The van der Waals surface area contributed by atoms with Gasteiger partial charge < -0.3 is 10.6 Å². The highest BCUT2D eigenvalue weighted by Crippen LogP contribution is 2.12. The van der Waals surface area contributed by atoms with Crippen molar-refractivity contribution in [3.05, 3.63) is 30.1 Å². The summed E-state index contributed by atoms with van der Waals surface area (Å²) in [6.07, 6.45) is 4.30. The minimum atomic E-state index is 0.356. The zero-order chi connectivity index (χ0) is 10.5. The molecule has 2 rings (SSSR count). The fourth-order valence-electron chi connectivity index (χ4n) is 2.06. The number of hydrogen-bond acceptors (Lipinski definition) is 3. The molecule has 0 saturated carbocycles. The van der Waals surface area contributed by atoms with E-state index in [4.69, 9.17) is 0 Å². The molecule has 1 aromatic heterocycles. The summed E-state index contributed by atoms with van der Waals surface area (Å²) >= 11 is 0. The standard InChI is InChI=1S/C12H19N3/c1-10(12-4-2-3-7-14-12)15-11-5-8-13-9-6-11/h2-4,7,10-11,13,15H,5-6,8-9H2,1H3/t10-/m0/s1. The summed E-state index contributed by atoms with van der Waals surface area (Å²) in [5.74, 6) is 0. The summed E-state index contributed by atoms with van der Waals surface area (Å²) in [5, 5.41) is 7.00. The molecule has 1 aromatic rings. The molecule has 1 saturated heterocycles. The molecule has 1 fully saturated rings. The number of hydrogen-bond donors (Lipinski definition) is 2. The maximum absolute atomic E-state index is 4.37. The molecule has 82 valence electrons. The van der Waals surface area contributed by atoms with Crippen LogP contribution in [0, 0.1) is 0 Å². The maximum atomic E-state index is 4.37. The first-order valence-corrected chi connectivity index (χ1v) is 5.74. The Kier molecular flexibility index (Phi) is 3.69. The van der Waals surface area contributed by atoms with E-state index in [1.54, 1.807) is 0 Å². The number of nitrogens with zero attached hydrogens (tertiary/aromatic N) is 1. The lowest BCUT2D eigenvalue weighted by Gasteiger charge is -2.26. The van der Waals surface area contributed by atoms with Crippen LogP contribution in [-0.2, 0) is 0 Å². The van der Waals surface area contributed by atoms with Crippen LogP contribution in [-0.4, -0.2) is 24.1 Å². The van der Waals surface area contributed by atoms with Crippen LogP contribution in [0.4, 0.5) is 0 Å². The van der Waals surface area contributed by atoms with Gasteiger partial charge in [-0.2, -0.15) is 0 Å². The zero-order valence-corrected chi connectivity index (χ0v) is 9.24. The first-order valence-electron chi connectivity index (χ1n) is 5.74. The van der Waals surface area contributed by atoms with Crippen molar-refractivity contribution in [2.24, 2.45) is 0 Å². The number of piperidine rings is 1. The van der Waals surface area contributed by atoms with Crippen LogP contribution < -0.4 is 10.6 Å². The van der Waals surface area contributed by atoms with Gasteiger partial charge in [0.1, 0.15) is 0 Å². The molecule has 3 nitrogen and oxygen atoms in total. The van der Waals surface area contributed by atoms with Crippen molar-refractivity contribution in [1.82, 2.24) is 15.6 Å². The van der Waals surface area contributed by atoms with Gasteiger partial charge in [-0.3, -0.25) is 4.98 Å². The molecule has 0 radical (unpaired) electrons. The molecule has 1 aliphatic rings. The van der Waals surface area contributed by atoms with Crippen molar-refractivity contribution in [1.29, 1.82) is 0 Å². The van der Waals surface area contributed by atoms with E-state index < -0.39 is 0 Å². The van der Waals surface area contributed by atoms with Gasteiger partial charge in [0.05, 0.1) is 5.69 Å². The van der Waals surface area contributed by atoms with Gasteiger partial charge in [0.25, 0.3) is 0 Å². The highest BCUT2D eigenvalue weighted by atomic mass is 15.0. The zero-order valence-electron chi connectivity index (χ0n) is 9.24. The van der Waals surface area contributed by atoms with E-state index in [-0.39, 0.29) is 0 Å². The van der Waals surface area contributed by atoms with Gasteiger partial charge in [-0.1, -0.05) is 6.07 Å². The molecule has 0 amide bonds. The minimum absolute atomic E-state index is 0.356. The first-order chi connectivity index (χ1) is 7.36. The Labute approximate surface area is 91.3 Å². The molecule has 1 aliphatic heterocycles. The number of aromatic nitrogens is 1. The maximum Gasteiger partial charge on any atom is 0.0570 e. The third-order valence-electron chi connectivity index (χ3n) is 2.96. The van der Waals surface area contributed by atoms with Gasteiger partial charge >= 0.3 is 0 Å². The summed E-state index contributed by atoms with van der Waals surface area (Å²) in [5.41, 5.74) is 1.14. The Morgan fingerprint density at radius 3 is 2.87 bits per heavy atom. The second-order valence-corrected chi connectivity index (χ2v) is 4.17. The third-order valence-corrected chi connectivity index (χ3v) is 2.96. The van der Waals surface area contributed by atoms with Crippen LogP contribution in [0.3, 0.4) is 0 Å². The fourth-order valence-corrected chi connectivity index (χ4v) is 2.06. The largest absolute Gasteiger partial charge is 0.317 e. The summed E-state index contributed by atoms with van der Waals surface area (Å²) in [7, 11) is 0. The summed E-state index contributed by atoms with van der Waals surface area (Å²) in [6, 6.07) is 7.08. The molecule has 2 heterocycles. The van der Waals surface area contributed by atoms with Gasteiger partial charge in [0.2, 0.25) is 0 Å². The van der Waals surface area contributed by atoms with E-state index in [1.807, 2.05) is 18.3 Å². The van der Waals surface area contributed by atoms with Crippen LogP contribution in [0.25, 0.3) is 0 Å². The number of rotatable bonds is 3. The van der Waals surface area contributed by atoms with Crippen LogP contribution in [0.15, 0.2) is 24.4 Å². The second-order valence-electron chi connectivity index (χ2n) is 4.17. The van der Waals surface area contributed by atoms with Crippen LogP contribution in [0.2, 0.25) is 0 Å². The quantitative estimate of drug-likeness (QED) is 0.785. The first kappa shape index (κ1) is 10.6. The number of pyridine rings is 1. The second kappa shape index (κ2) is 5.24. The molecule has 15 heavy (non-hydrogen) atoms. The lowest BCUT2D eigenvalue weighted by Crippen LogP contribution is -2.41. The Bertz CT molecular complexity index is 280. The molecule has 0 spiro atoms. The van der Waals surface area contributed by atoms with Crippen molar-refractivity contribution >= 4 is 0 Å². The Balaban J connectivity index is 1.88. The minimum Gasteiger partial charge on any atom is -0.317 e. The summed E-state index contributed by atoms with van der Waals surface area (Å²) in [4.78, 5) is 4.37. The van der Waals surface area contributed by atoms with E-state index in [1.165, 1.54) is 12.8 Å². The van der Waals surface area contributed by atoms with E-state index in [2.05, 4.69) is 28.6 Å². The van der Waals surface area contributed by atoms with Crippen molar-refractivity contribution < 1.29 is 0 Å². The van der Waals surface area contributed by atoms with Gasteiger partial charge in [-0.05, 0) is 45.0 Å². The molecule has 0 unspecified atom stereocenters. The Hall–Kier alpha value is -0.930. The predicted octanol–water partition coefficient (Wildman–Crippen LogP) is 1.48. The van der Waals surface area contributed by atoms with E-state index in [9.17, 15) is 0 Å². The van der Waals surface area contributed by atoms with Gasteiger partial charge in [0.15, 0.2) is 0 Å². The molecular weight excluding hydrogens is 186 g/mol. The van der Waals surface area contributed by atoms with E-state index in [0.29, 0.717) is 12.1 Å². The fraction of sp³-hybridized carbons (Fsp3) is 0.583. The highest BCUT2D eigenvalue weighted by Gasteiger charge is 2.16. The summed E-state index contributed by atoms with van der Waals surface area (Å²) < 4.78 is 0. The van der Waals surface area contributed by atoms with Gasteiger partial charge in [0, 0.05) is 18.3 Å². The van der Waals surface area contributed by atoms with Gasteiger partial charge in [-0.15, -0.1) is 0 Å².